The van der Waals surface area contributed by atoms with Gasteiger partial charge in [-0.15, -0.1) is 0 Å². The van der Waals surface area contributed by atoms with Gasteiger partial charge >= 0.3 is 6.43 Å². The van der Waals surface area contributed by atoms with Crippen LogP contribution >= 0.6 is 0 Å². The predicted octanol–water partition coefficient (Wildman–Crippen LogP) is 2.61. The minimum absolute atomic E-state index is 0.242. The molecule has 1 amide bonds. The summed E-state index contributed by atoms with van der Waals surface area (Å²) in [5.74, 6) is -1.15. The molecule has 0 atom stereocenters. The number of carbonyl (C=O) groups is 1. The number of benzene rings is 1. The lowest BCUT2D eigenvalue weighted by molar-refractivity contribution is -0.128. The average Bonchev–Trinajstić information content (AvgIpc) is 2.21. The Hall–Kier alpha value is -1.45. The quantitative estimate of drug-likeness (QED) is 0.755. The standard InChI is InChI=1S/C11H13F2NO/c1-3-14(11(15)10(12)13)9-6-4-8(2)5-7-9/h4-7,10H,3H2,1-2H3. The first-order valence-corrected chi connectivity index (χ1v) is 4.72. The molecular weight excluding hydrogens is 200 g/mol. The minimum Gasteiger partial charge on any atom is -0.308 e. The smallest absolute Gasteiger partial charge is 0.308 e. The molecule has 0 aliphatic heterocycles. The van der Waals surface area contributed by atoms with Gasteiger partial charge in [-0.3, -0.25) is 4.79 Å². The van der Waals surface area contributed by atoms with Crippen molar-refractivity contribution in [3.8, 4) is 0 Å². The fourth-order valence-electron chi connectivity index (χ4n) is 1.31. The van der Waals surface area contributed by atoms with Gasteiger partial charge in [-0.2, -0.15) is 8.78 Å². The van der Waals surface area contributed by atoms with Crippen LogP contribution in [0.25, 0.3) is 0 Å². The van der Waals surface area contributed by atoms with E-state index in [-0.39, 0.29) is 6.54 Å². The molecule has 0 fully saturated rings. The van der Waals surface area contributed by atoms with Gasteiger partial charge in [-0.25, -0.2) is 0 Å². The number of aryl methyl sites for hydroxylation is 1. The van der Waals surface area contributed by atoms with Crippen molar-refractivity contribution in [2.45, 2.75) is 20.3 Å². The third-order valence-electron chi connectivity index (χ3n) is 2.11. The lowest BCUT2D eigenvalue weighted by atomic mass is 10.2. The molecule has 0 radical (unpaired) electrons. The van der Waals surface area contributed by atoms with Crippen LogP contribution in [0.5, 0.6) is 0 Å². The highest BCUT2D eigenvalue weighted by atomic mass is 19.3. The van der Waals surface area contributed by atoms with E-state index in [1.54, 1.807) is 31.2 Å². The molecule has 1 aromatic rings. The summed E-state index contributed by atoms with van der Waals surface area (Å²) in [4.78, 5) is 12.2. The minimum atomic E-state index is -2.95. The number of hydrogen-bond donors (Lipinski definition) is 0. The molecule has 0 aliphatic carbocycles. The van der Waals surface area contributed by atoms with Crippen molar-refractivity contribution in [3.63, 3.8) is 0 Å². The Morgan fingerprint density at radius 3 is 2.27 bits per heavy atom. The SMILES string of the molecule is CCN(C(=O)C(F)F)c1ccc(C)cc1. The first-order chi connectivity index (χ1) is 7.06. The molecule has 0 saturated heterocycles. The molecule has 0 bridgehead atoms. The Morgan fingerprint density at radius 2 is 1.87 bits per heavy atom. The van der Waals surface area contributed by atoms with Crippen molar-refractivity contribution in [1.82, 2.24) is 0 Å². The van der Waals surface area contributed by atoms with E-state index in [0.717, 1.165) is 10.5 Å². The Kier molecular flexibility index (Phi) is 3.77. The zero-order valence-corrected chi connectivity index (χ0v) is 8.71. The number of nitrogens with zero attached hydrogens (tertiary/aromatic N) is 1. The van der Waals surface area contributed by atoms with Crippen LogP contribution in [0.1, 0.15) is 12.5 Å². The molecule has 0 spiro atoms. The average molecular weight is 213 g/mol. The zero-order chi connectivity index (χ0) is 11.4. The van der Waals surface area contributed by atoms with Crippen LogP contribution in [0.4, 0.5) is 14.5 Å². The fraction of sp³-hybridized carbons (Fsp3) is 0.364. The van der Waals surface area contributed by atoms with Crippen LogP contribution in [-0.2, 0) is 4.79 Å². The highest BCUT2D eigenvalue weighted by Crippen LogP contribution is 2.16. The van der Waals surface area contributed by atoms with Crippen LogP contribution in [0, 0.1) is 6.92 Å². The van der Waals surface area contributed by atoms with Gasteiger partial charge in [0.1, 0.15) is 0 Å². The van der Waals surface area contributed by atoms with E-state index in [1.807, 2.05) is 6.92 Å². The van der Waals surface area contributed by atoms with Crippen molar-refractivity contribution in [3.05, 3.63) is 29.8 Å². The van der Waals surface area contributed by atoms with Crippen molar-refractivity contribution < 1.29 is 13.6 Å². The molecule has 0 aliphatic rings. The highest BCUT2D eigenvalue weighted by Gasteiger charge is 2.22. The van der Waals surface area contributed by atoms with Crippen molar-refractivity contribution in [1.29, 1.82) is 0 Å². The monoisotopic (exact) mass is 213 g/mol. The van der Waals surface area contributed by atoms with Gasteiger partial charge in [-0.05, 0) is 26.0 Å². The predicted molar refractivity (Wildman–Crippen MR) is 55.2 cm³/mol. The lowest BCUT2D eigenvalue weighted by Crippen LogP contribution is -2.35. The van der Waals surface area contributed by atoms with Crippen LogP contribution in [-0.4, -0.2) is 18.9 Å². The van der Waals surface area contributed by atoms with E-state index in [9.17, 15) is 13.6 Å². The Balaban J connectivity index is 2.92. The van der Waals surface area contributed by atoms with Crippen molar-refractivity contribution in [2.24, 2.45) is 0 Å². The summed E-state index contributed by atoms with van der Waals surface area (Å²) in [5, 5.41) is 0. The van der Waals surface area contributed by atoms with Gasteiger partial charge in [0.25, 0.3) is 5.91 Å². The van der Waals surface area contributed by atoms with E-state index in [1.165, 1.54) is 0 Å². The topological polar surface area (TPSA) is 20.3 Å². The zero-order valence-electron chi connectivity index (χ0n) is 8.71. The number of halogens is 2. The van der Waals surface area contributed by atoms with Crippen LogP contribution < -0.4 is 4.90 Å². The summed E-state index contributed by atoms with van der Waals surface area (Å²) < 4.78 is 24.5. The molecule has 15 heavy (non-hydrogen) atoms. The van der Waals surface area contributed by atoms with Gasteiger partial charge in [-0.1, -0.05) is 17.7 Å². The van der Waals surface area contributed by atoms with Gasteiger partial charge in [0.15, 0.2) is 0 Å². The third-order valence-corrected chi connectivity index (χ3v) is 2.11. The number of amides is 1. The fourth-order valence-corrected chi connectivity index (χ4v) is 1.31. The van der Waals surface area contributed by atoms with Gasteiger partial charge in [0.05, 0.1) is 0 Å². The summed E-state index contributed by atoms with van der Waals surface area (Å²) in [6.45, 7) is 3.81. The molecular formula is C11H13F2NO. The maximum absolute atomic E-state index is 12.2. The molecule has 2 nitrogen and oxygen atoms in total. The Bertz CT molecular complexity index is 335. The van der Waals surface area contributed by atoms with Gasteiger partial charge in [0, 0.05) is 12.2 Å². The number of anilines is 1. The Morgan fingerprint density at radius 1 is 1.33 bits per heavy atom. The van der Waals surface area contributed by atoms with Gasteiger partial charge < -0.3 is 4.90 Å². The van der Waals surface area contributed by atoms with Crippen LogP contribution in [0.15, 0.2) is 24.3 Å². The molecule has 1 rings (SSSR count). The van der Waals surface area contributed by atoms with E-state index in [4.69, 9.17) is 0 Å². The Labute approximate surface area is 87.5 Å². The van der Waals surface area contributed by atoms with E-state index < -0.39 is 12.3 Å². The maximum atomic E-state index is 12.2. The molecule has 0 unspecified atom stereocenters. The third kappa shape index (κ3) is 2.75. The summed E-state index contributed by atoms with van der Waals surface area (Å²) >= 11 is 0. The largest absolute Gasteiger partial charge is 0.316 e. The van der Waals surface area contributed by atoms with E-state index in [2.05, 4.69) is 0 Å². The van der Waals surface area contributed by atoms with E-state index in [0.29, 0.717) is 5.69 Å². The number of rotatable bonds is 3. The lowest BCUT2D eigenvalue weighted by Gasteiger charge is -2.20. The number of carbonyl (C=O) groups excluding carboxylic acids is 1. The first-order valence-electron chi connectivity index (χ1n) is 4.72. The molecule has 4 heteroatoms. The van der Waals surface area contributed by atoms with E-state index >= 15 is 0 Å². The second-order valence-corrected chi connectivity index (χ2v) is 3.22. The number of hydrogen-bond acceptors (Lipinski definition) is 1. The van der Waals surface area contributed by atoms with Gasteiger partial charge in [0.2, 0.25) is 0 Å². The molecule has 82 valence electrons. The van der Waals surface area contributed by atoms with Crippen molar-refractivity contribution in [2.75, 3.05) is 11.4 Å². The van der Waals surface area contributed by atoms with Crippen molar-refractivity contribution >= 4 is 11.6 Å². The normalized spacial score (nSPS) is 10.5. The summed E-state index contributed by atoms with van der Waals surface area (Å²) in [5.41, 5.74) is 1.53. The number of alkyl halides is 2. The second kappa shape index (κ2) is 4.87. The summed E-state index contributed by atoms with van der Waals surface area (Å²) in [6, 6.07) is 6.91. The maximum Gasteiger partial charge on any atom is 0.316 e. The van der Waals surface area contributed by atoms with Crippen LogP contribution in [0.3, 0.4) is 0 Å². The molecule has 0 aromatic heterocycles. The molecule has 0 N–H and O–H groups in total. The molecule has 1 aromatic carbocycles. The highest BCUT2D eigenvalue weighted by molar-refractivity contribution is 5.95. The second-order valence-electron chi connectivity index (χ2n) is 3.22. The summed E-state index contributed by atoms with van der Waals surface area (Å²) in [6.07, 6.45) is -2.95. The molecule has 0 heterocycles. The first kappa shape index (κ1) is 11.6. The summed E-state index contributed by atoms with van der Waals surface area (Å²) in [7, 11) is 0. The van der Waals surface area contributed by atoms with Crippen LogP contribution in [0.2, 0.25) is 0 Å². The molecule has 0 saturated carbocycles.